The predicted molar refractivity (Wildman–Crippen MR) is 60.0 cm³/mol. The van der Waals surface area contributed by atoms with E-state index in [1.807, 2.05) is 0 Å². The van der Waals surface area contributed by atoms with Gasteiger partial charge in [-0.15, -0.1) is 0 Å². The first-order valence-electron chi connectivity index (χ1n) is 4.67. The van der Waals surface area contributed by atoms with E-state index in [2.05, 4.69) is 4.98 Å². The number of rotatable bonds is 2. The van der Waals surface area contributed by atoms with Crippen molar-refractivity contribution in [1.29, 1.82) is 0 Å². The Balaban J connectivity index is 2.56. The number of nitrogens with zero attached hydrogens (tertiary/aromatic N) is 1. The normalized spacial score (nSPS) is 10.3. The maximum Gasteiger partial charge on any atom is 0.153 e. The van der Waals surface area contributed by atoms with E-state index in [1.54, 1.807) is 0 Å². The third-order valence-corrected chi connectivity index (χ3v) is 2.39. The second kappa shape index (κ2) is 4.59. The predicted octanol–water partition coefficient (Wildman–Crippen LogP) is 3.49. The van der Waals surface area contributed by atoms with Gasteiger partial charge in [-0.25, -0.2) is 8.78 Å². The van der Waals surface area contributed by atoms with Crippen LogP contribution in [-0.4, -0.2) is 11.3 Å². The van der Waals surface area contributed by atoms with Gasteiger partial charge in [-0.2, -0.15) is 0 Å². The van der Waals surface area contributed by atoms with Crippen molar-refractivity contribution in [3.8, 4) is 11.3 Å². The summed E-state index contributed by atoms with van der Waals surface area (Å²) in [5.41, 5.74) is 0.545. The Morgan fingerprint density at radius 3 is 2.59 bits per heavy atom. The summed E-state index contributed by atoms with van der Waals surface area (Å²) in [6, 6.07) is 5.09. The minimum atomic E-state index is -0.716. The SMILES string of the molecule is O=Cc1cc(-c2cc(F)cc(Cl)c2)ncc1F. The molecule has 86 valence electrons. The van der Waals surface area contributed by atoms with Gasteiger partial charge >= 0.3 is 0 Å². The Kier molecular flexibility index (Phi) is 3.15. The van der Waals surface area contributed by atoms with Gasteiger partial charge in [-0.1, -0.05) is 11.6 Å². The molecule has 5 heteroatoms. The van der Waals surface area contributed by atoms with Gasteiger partial charge in [0.05, 0.1) is 17.5 Å². The molecule has 0 spiro atoms. The molecule has 0 aliphatic heterocycles. The average Bonchev–Trinajstić information content (AvgIpc) is 2.28. The van der Waals surface area contributed by atoms with E-state index < -0.39 is 11.6 Å². The van der Waals surface area contributed by atoms with Gasteiger partial charge in [0.1, 0.15) is 5.82 Å². The number of halogens is 3. The molecule has 2 aromatic rings. The van der Waals surface area contributed by atoms with Gasteiger partial charge in [0.15, 0.2) is 12.1 Å². The smallest absolute Gasteiger partial charge is 0.153 e. The van der Waals surface area contributed by atoms with Gasteiger partial charge in [0.25, 0.3) is 0 Å². The molecule has 2 nitrogen and oxygen atoms in total. The van der Waals surface area contributed by atoms with Crippen LogP contribution in [-0.2, 0) is 0 Å². The van der Waals surface area contributed by atoms with E-state index in [4.69, 9.17) is 11.6 Å². The summed E-state index contributed by atoms with van der Waals surface area (Å²) in [6.07, 6.45) is 1.29. The van der Waals surface area contributed by atoms with Crippen molar-refractivity contribution in [2.24, 2.45) is 0 Å². The molecule has 17 heavy (non-hydrogen) atoms. The number of hydrogen-bond acceptors (Lipinski definition) is 2. The highest BCUT2D eigenvalue weighted by Gasteiger charge is 2.07. The molecule has 0 aliphatic rings. The second-order valence-corrected chi connectivity index (χ2v) is 3.80. The number of benzene rings is 1. The lowest BCUT2D eigenvalue weighted by molar-refractivity contribution is 0.111. The Bertz CT molecular complexity index is 566. The van der Waals surface area contributed by atoms with Crippen molar-refractivity contribution >= 4 is 17.9 Å². The van der Waals surface area contributed by atoms with Gasteiger partial charge in [-0.3, -0.25) is 9.78 Å². The summed E-state index contributed by atoms with van der Waals surface area (Å²) in [4.78, 5) is 14.4. The van der Waals surface area contributed by atoms with Crippen LogP contribution in [0.15, 0.2) is 30.5 Å². The molecule has 0 saturated heterocycles. The molecule has 2 rings (SSSR count). The van der Waals surface area contributed by atoms with E-state index in [-0.39, 0.29) is 16.3 Å². The van der Waals surface area contributed by atoms with Crippen molar-refractivity contribution in [2.45, 2.75) is 0 Å². The van der Waals surface area contributed by atoms with Crippen LogP contribution in [0.25, 0.3) is 11.3 Å². The van der Waals surface area contributed by atoms with Crippen molar-refractivity contribution in [1.82, 2.24) is 4.98 Å². The molecule has 0 amide bonds. The highest BCUT2D eigenvalue weighted by Crippen LogP contribution is 2.23. The maximum absolute atomic E-state index is 13.1. The molecular weight excluding hydrogens is 248 g/mol. The summed E-state index contributed by atoms with van der Waals surface area (Å²) in [5.74, 6) is -1.24. The lowest BCUT2D eigenvalue weighted by Crippen LogP contribution is -1.93. The van der Waals surface area contributed by atoms with Crippen LogP contribution in [0.3, 0.4) is 0 Å². The molecule has 1 heterocycles. The van der Waals surface area contributed by atoms with Crippen LogP contribution in [0, 0.1) is 11.6 Å². The average molecular weight is 254 g/mol. The number of aldehydes is 1. The molecular formula is C12H6ClF2NO. The van der Waals surface area contributed by atoms with E-state index in [1.165, 1.54) is 18.2 Å². The lowest BCUT2D eigenvalue weighted by atomic mass is 10.1. The van der Waals surface area contributed by atoms with E-state index in [0.717, 1.165) is 12.3 Å². The number of carbonyl (C=O) groups excluding carboxylic acids is 1. The van der Waals surface area contributed by atoms with Crippen LogP contribution in [0.5, 0.6) is 0 Å². The van der Waals surface area contributed by atoms with Crippen LogP contribution in [0.1, 0.15) is 10.4 Å². The zero-order valence-corrected chi connectivity index (χ0v) is 9.21. The van der Waals surface area contributed by atoms with E-state index in [9.17, 15) is 13.6 Å². The quantitative estimate of drug-likeness (QED) is 0.767. The molecule has 0 unspecified atom stereocenters. The second-order valence-electron chi connectivity index (χ2n) is 3.37. The molecule has 0 N–H and O–H groups in total. The Morgan fingerprint density at radius 2 is 1.94 bits per heavy atom. The summed E-state index contributed by atoms with van der Waals surface area (Å²) in [6.45, 7) is 0. The molecule has 1 aromatic heterocycles. The number of pyridine rings is 1. The minimum Gasteiger partial charge on any atom is -0.298 e. The number of carbonyl (C=O) groups is 1. The fraction of sp³-hybridized carbons (Fsp3) is 0. The standard InChI is InChI=1S/C12H6ClF2NO/c13-9-1-7(2-10(14)4-9)12-3-8(6-17)11(15)5-16-12/h1-6H. The summed E-state index contributed by atoms with van der Waals surface area (Å²) in [5, 5.41) is 0.207. The van der Waals surface area contributed by atoms with Crippen molar-refractivity contribution < 1.29 is 13.6 Å². The van der Waals surface area contributed by atoms with Crippen molar-refractivity contribution in [3.05, 3.63) is 52.7 Å². The summed E-state index contributed by atoms with van der Waals surface area (Å²) >= 11 is 5.69. The highest BCUT2D eigenvalue weighted by atomic mass is 35.5. The highest BCUT2D eigenvalue weighted by molar-refractivity contribution is 6.30. The first-order valence-corrected chi connectivity index (χ1v) is 5.05. The molecule has 0 aliphatic carbocycles. The van der Waals surface area contributed by atoms with Gasteiger partial charge < -0.3 is 0 Å². The van der Waals surface area contributed by atoms with Crippen LogP contribution in [0.4, 0.5) is 8.78 Å². The van der Waals surface area contributed by atoms with Crippen LogP contribution in [0.2, 0.25) is 5.02 Å². The van der Waals surface area contributed by atoms with Crippen LogP contribution >= 0.6 is 11.6 Å². The molecule has 0 fully saturated rings. The number of aromatic nitrogens is 1. The third-order valence-electron chi connectivity index (χ3n) is 2.17. The monoisotopic (exact) mass is 253 g/mol. The third kappa shape index (κ3) is 2.47. The Hall–Kier alpha value is -1.81. The van der Waals surface area contributed by atoms with Gasteiger partial charge in [0, 0.05) is 10.6 Å². The largest absolute Gasteiger partial charge is 0.298 e. The van der Waals surface area contributed by atoms with Gasteiger partial charge in [-0.05, 0) is 24.3 Å². The zero-order chi connectivity index (χ0) is 12.4. The van der Waals surface area contributed by atoms with E-state index >= 15 is 0 Å². The van der Waals surface area contributed by atoms with Gasteiger partial charge in [0.2, 0.25) is 0 Å². The molecule has 0 bridgehead atoms. The number of hydrogen-bond donors (Lipinski definition) is 0. The topological polar surface area (TPSA) is 30.0 Å². The lowest BCUT2D eigenvalue weighted by Gasteiger charge is -2.03. The molecule has 1 aromatic carbocycles. The fourth-order valence-corrected chi connectivity index (χ4v) is 1.63. The van der Waals surface area contributed by atoms with Crippen molar-refractivity contribution in [2.75, 3.05) is 0 Å². The van der Waals surface area contributed by atoms with Crippen LogP contribution < -0.4 is 0 Å². The Labute approximate surface area is 101 Å². The summed E-state index contributed by atoms with van der Waals surface area (Å²) < 4.78 is 26.2. The minimum absolute atomic E-state index is 0.129. The van der Waals surface area contributed by atoms with E-state index in [0.29, 0.717) is 11.8 Å². The van der Waals surface area contributed by atoms with Crippen molar-refractivity contribution in [3.63, 3.8) is 0 Å². The molecule has 0 radical (unpaired) electrons. The first-order chi connectivity index (χ1) is 8.10. The fourth-order valence-electron chi connectivity index (χ4n) is 1.40. The maximum atomic E-state index is 13.1. The molecule has 0 saturated carbocycles. The Morgan fingerprint density at radius 1 is 1.18 bits per heavy atom. The zero-order valence-electron chi connectivity index (χ0n) is 8.45. The summed E-state index contributed by atoms with van der Waals surface area (Å²) in [7, 11) is 0. The first kappa shape index (κ1) is 11.7. The molecule has 0 atom stereocenters.